The Balaban J connectivity index is 1.22. The second-order valence-electron chi connectivity index (χ2n) is 8.23. The van der Waals surface area contributed by atoms with Crippen LogP contribution < -0.4 is 14.9 Å². The number of fused-ring (bicyclic) bond motifs is 1. The summed E-state index contributed by atoms with van der Waals surface area (Å²) in [6.45, 7) is 0.190. The van der Waals surface area contributed by atoms with Gasteiger partial charge in [-0.25, -0.2) is 14.6 Å². The maximum absolute atomic E-state index is 13.9. The van der Waals surface area contributed by atoms with E-state index in [4.69, 9.17) is 21.1 Å². The van der Waals surface area contributed by atoms with Gasteiger partial charge >= 0.3 is 5.97 Å². The number of nitrogens with zero attached hydrogens (tertiary/aromatic N) is 3. The molecular formula is C28H20ClFN4O4S. The molecule has 11 heteroatoms. The maximum atomic E-state index is 13.9. The molecule has 5 rings (SSSR count). The van der Waals surface area contributed by atoms with Crippen LogP contribution in [-0.2, 0) is 6.54 Å². The number of aromatic nitrogens is 2. The van der Waals surface area contributed by atoms with Gasteiger partial charge in [-0.3, -0.25) is 9.48 Å². The van der Waals surface area contributed by atoms with Crippen LogP contribution in [0.2, 0.25) is 5.02 Å². The Hall–Kier alpha value is -4.54. The Kier molecular flexibility index (Phi) is 7.67. The summed E-state index contributed by atoms with van der Waals surface area (Å²) < 4.78 is 27.1. The van der Waals surface area contributed by atoms with Gasteiger partial charge in [-0.05, 0) is 42.0 Å². The Morgan fingerprint density at radius 3 is 2.69 bits per heavy atom. The lowest BCUT2D eigenvalue weighted by Crippen LogP contribution is -2.18. The molecular weight excluding hydrogens is 543 g/mol. The first-order valence-electron chi connectivity index (χ1n) is 11.6. The molecule has 0 spiro atoms. The number of rotatable bonds is 8. The molecule has 0 bridgehead atoms. The molecule has 0 aliphatic rings. The molecule has 8 nitrogen and oxygen atoms in total. The van der Waals surface area contributed by atoms with Crippen LogP contribution in [-0.4, -0.2) is 35.0 Å². The molecule has 0 radical (unpaired) electrons. The van der Waals surface area contributed by atoms with Crippen LogP contribution in [0, 0.1) is 5.82 Å². The number of thiophene rings is 1. The summed E-state index contributed by atoms with van der Waals surface area (Å²) in [7, 11) is 1.44. The van der Waals surface area contributed by atoms with Crippen molar-refractivity contribution in [1.82, 2.24) is 15.2 Å². The van der Waals surface area contributed by atoms with E-state index in [0.717, 1.165) is 10.1 Å². The molecule has 0 unspecified atom stereocenters. The summed E-state index contributed by atoms with van der Waals surface area (Å²) in [6, 6.07) is 20.1. The highest BCUT2D eigenvalue weighted by Gasteiger charge is 2.20. The topological polar surface area (TPSA) is 94.8 Å². The lowest BCUT2D eigenvalue weighted by molar-refractivity contribution is 0.0734. The number of amides is 1. The van der Waals surface area contributed by atoms with E-state index >= 15 is 0 Å². The minimum absolute atomic E-state index is 0.128. The van der Waals surface area contributed by atoms with Gasteiger partial charge in [-0.2, -0.15) is 10.2 Å². The van der Waals surface area contributed by atoms with Gasteiger partial charge in [0.1, 0.15) is 10.7 Å². The van der Waals surface area contributed by atoms with Crippen LogP contribution in [0.15, 0.2) is 84.1 Å². The molecule has 2 aromatic heterocycles. The lowest BCUT2D eigenvalue weighted by Gasteiger charge is -2.09. The zero-order valence-corrected chi connectivity index (χ0v) is 22.0. The molecule has 0 fully saturated rings. The molecule has 39 heavy (non-hydrogen) atoms. The minimum Gasteiger partial charge on any atom is -0.493 e. The van der Waals surface area contributed by atoms with Crippen molar-refractivity contribution in [1.29, 1.82) is 0 Å². The summed E-state index contributed by atoms with van der Waals surface area (Å²) in [6.07, 6.45) is 2.99. The number of benzene rings is 3. The van der Waals surface area contributed by atoms with Crippen molar-refractivity contribution in [3.8, 4) is 11.5 Å². The maximum Gasteiger partial charge on any atom is 0.355 e. The highest BCUT2D eigenvalue weighted by atomic mass is 35.5. The number of hydrogen-bond acceptors (Lipinski definition) is 7. The normalized spacial score (nSPS) is 11.2. The fraction of sp³-hybridized carbons (Fsp3) is 0.0714. The van der Waals surface area contributed by atoms with E-state index in [2.05, 4.69) is 15.6 Å². The van der Waals surface area contributed by atoms with Crippen molar-refractivity contribution in [2.45, 2.75) is 6.54 Å². The number of carbonyl (C=O) groups is 2. The van der Waals surface area contributed by atoms with E-state index in [9.17, 15) is 14.0 Å². The third kappa shape index (κ3) is 5.82. The Morgan fingerprint density at radius 2 is 1.90 bits per heavy atom. The lowest BCUT2D eigenvalue weighted by atomic mass is 10.2. The molecule has 0 aliphatic carbocycles. The summed E-state index contributed by atoms with van der Waals surface area (Å²) in [5.41, 5.74) is 3.57. The number of halogens is 2. The molecule has 2 heterocycles. The van der Waals surface area contributed by atoms with E-state index < -0.39 is 11.9 Å². The van der Waals surface area contributed by atoms with Crippen molar-refractivity contribution < 1.29 is 23.5 Å². The van der Waals surface area contributed by atoms with Crippen LogP contribution >= 0.6 is 22.9 Å². The van der Waals surface area contributed by atoms with Gasteiger partial charge in [0.05, 0.1) is 24.9 Å². The standard InChI is InChI=1S/C28H20ClFN4O4S/c1-37-23-14-17(10-11-22(23)38-28(36)26-25(29)19-7-3-5-9-24(19)39-26)15-31-32-27(35)21-12-13-34(33-21)16-18-6-2-4-8-20(18)30/h2-15H,16H2,1H3,(H,32,35)/b31-15+. The van der Waals surface area contributed by atoms with E-state index in [0.29, 0.717) is 26.8 Å². The predicted molar refractivity (Wildman–Crippen MR) is 148 cm³/mol. The summed E-state index contributed by atoms with van der Waals surface area (Å²) in [5.74, 6) is -0.970. The molecule has 196 valence electrons. The number of carbonyl (C=O) groups excluding carboxylic acids is 2. The zero-order valence-electron chi connectivity index (χ0n) is 20.4. The number of hydrazone groups is 1. The largest absolute Gasteiger partial charge is 0.493 e. The average molecular weight is 563 g/mol. The molecule has 0 saturated heterocycles. The van der Waals surface area contributed by atoms with Gasteiger partial charge in [0.15, 0.2) is 17.2 Å². The first kappa shape index (κ1) is 26.1. The van der Waals surface area contributed by atoms with Gasteiger partial charge in [0, 0.05) is 21.8 Å². The number of hydrogen-bond donors (Lipinski definition) is 1. The quantitative estimate of drug-likeness (QED) is 0.109. The molecule has 3 aromatic carbocycles. The van der Waals surface area contributed by atoms with E-state index in [1.54, 1.807) is 42.6 Å². The Bertz CT molecular complexity index is 1720. The van der Waals surface area contributed by atoms with Gasteiger partial charge < -0.3 is 9.47 Å². The second-order valence-corrected chi connectivity index (χ2v) is 9.66. The van der Waals surface area contributed by atoms with E-state index in [1.807, 2.05) is 24.3 Å². The highest BCUT2D eigenvalue weighted by molar-refractivity contribution is 7.21. The van der Waals surface area contributed by atoms with Crippen LogP contribution in [0.1, 0.15) is 31.3 Å². The van der Waals surface area contributed by atoms with Gasteiger partial charge in [0.2, 0.25) is 0 Å². The van der Waals surface area contributed by atoms with Gasteiger partial charge in [0.25, 0.3) is 5.91 Å². The number of methoxy groups -OCH3 is 1. The highest BCUT2D eigenvalue weighted by Crippen LogP contribution is 2.37. The molecule has 0 atom stereocenters. The monoisotopic (exact) mass is 562 g/mol. The Labute approximate surface area is 231 Å². The molecule has 5 aromatic rings. The summed E-state index contributed by atoms with van der Waals surface area (Å²) in [4.78, 5) is 25.5. The SMILES string of the molecule is COc1cc(/C=N/NC(=O)c2ccn(Cc3ccccc3F)n2)ccc1OC(=O)c1sc2ccccc2c1Cl. The number of nitrogens with one attached hydrogen (secondary N) is 1. The average Bonchev–Trinajstić information content (AvgIpc) is 3.55. The Morgan fingerprint density at radius 1 is 1.10 bits per heavy atom. The van der Waals surface area contributed by atoms with Crippen molar-refractivity contribution in [3.05, 3.63) is 112 Å². The fourth-order valence-electron chi connectivity index (χ4n) is 3.74. The van der Waals surface area contributed by atoms with Crippen molar-refractivity contribution in [2.24, 2.45) is 5.10 Å². The van der Waals surface area contributed by atoms with Crippen molar-refractivity contribution in [2.75, 3.05) is 7.11 Å². The van der Waals surface area contributed by atoms with Crippen LogP contribution in [0.5, 0.6) is 11.5 Å². The minimum atomic E-state index is -0.595. The summed E-state index contributed by atoms with van der Waals surface area (Å²) >= 11 is 7.64. The van der Waals surface area contributed by atoms with Gasteiger partial charge in [-0.1, -0.05) is 48.0 Å². The first-order valence-corrected chi connectivity index (χ1v) is 12.8. The van der Waals surface area contributed by atoms with Crippen molar-refractivity contribution >= 4 is 51.1 Å². The van der Waals surface area contributed by atoms with E-state index in [-0.39, 0.29) is 23.8 Å². The van der Waals surface area contributed by atoms with Crippen molar-refractivity contribution in [3.63, 3.8) is 0 Å². The third-order valence-electron chi connectivity index (χ3n) is 5.65. The zero-order chi connectivity index (χ0) is 27.4. The second kappa shape index (κ2) is 11.5. The fourth-order valence-corrected chi connectivity index (χ4v) is 5.12. The van der Waals surface area contributed by atoms with Crippen LogP contribution in [0.4, 0.5) is 4.39 Å². The van der Waals surface area contributed by atoms with Crippen LogP contribution in [0.3, 0.4) is 0 Å². The number of ether oxygens (including phenoxy) is 2. The molecule has 0 saturated carbocycles. The summed E-state index contributed by atoms with van der Waals surface area (Å²) in [5, 5.41) is 9.26. The molecule has 1 amide bonds. The molecule has 1 N–H and O–H groups in total. The third-order valence-corrected chi connectivity index (χ3v) is 7.31. The smallest absolute Gasteiger partial charge is 0.355 e. The first-order chi connectivity index (χ1) is 18.9. The van der Waals surface area contributed by atoms with Crippen LogP contribution in [0.25, 0.3) is 10.1 Å². The molecule has 0 aliphatic heterocycles. The number of esters is 1. The van der Waals surface area contributed by atoms with E-state index in [1.165, 1.54) is 41.5 Å². The van der Waals surface area contributed by atoms with Gasteiger partial charge in [-0.15, -0.1) is 11.3 Å². The predicted octanol–water partition coefficient (Wildman–Crippen LogP) is 5.93.